The van der Waals surface area contributed by atoms with Crippen molar-refractivity contribution >= 4 is 23.2 Å². The molecule has 0 saturated heterocycles. The lowest BCUT2D eigenvalue weighted by molar-refractivity contribution is -0.114. The quantitative estimate of drug-likeness (QED) is 0.853. The summed E-state index contributed by atoms with van der Waals surface area (Å²) >= 11 is 0. The van der Waals surface area contributed by atoms with E-state index in [-0.39, 0.29) is 11.5 Å². The molecular formula is C15H14FN3O2. The Hall–Kier alpha value is -2.76. The first-order valence-corrected chi connectivity index (χ1v) is 6.27. The van der Waals surface area contributed by atoms with E-state index in [0.717, 1.165) is 11.6 Å². The Morgan fingerprint density at radius 1 is 1.14 bits per heavy atom. The first-order valence-electron chi connectivity index (χ1n) is 6.27. The number of carbonyl (C=O) groups excluding carboxylic acids is 2. The van der Waals surface area contributed by atoms with Crippen LogP contribution in [0.25, 0.3) is 0 Å². The van der Waals surface area contributed by atoms with Crippen LogP contribution in [0.15, 0.2) is 36.5 Å². The van der Waals surface area contributed by atoms with Crippen molar-refractivity contribution in [3.63, 3.8) is 0 Å². The Kier molecular flexibility index (Phi) is 4.27. The molecule has 6 heteroatoms. The lowest BCUT2D eigenvalue weighted by atomic mass is 10.1. The molecule has 2 aromatic rings. The minimum Gasteiger partial charge on any atom is -0.326 e. The van der Waals surface area contributed by atoms with Crippen molar-refractivity contribution in [2.45, 2.75) is 13.8 Å². The van der Waals surface area contributed by atoms with Crippen LogP contribution in [0.2, 0.25) is 0 Å². The van der Waals surface area contributed by atoms with E-state index in [2.05, 4.69) is 15.6 Å². The minimum absolute atomic E-state index is 0.173. The molecule has 2 amide bonds. The number of nitrogens with zero attached hydrogens (tertiary/aromatic N) is 1. The average Bonchev–Trinajstić information content (AvgIpc) is 2.42. The second kappa shape index (κ2) is 6.13. The van der Waals surface area contributed by atoms with Gasteiger partial charge >= 0.3 is 0 Å². The molecule has 2 rings (SSSR count). The number of hydrogen-bond acceptors (Lipinski definition) is 3. The molecule has 1 aromatic heterocycles. The van der Waals surface area contributed by atoms with E-state index in [9.17, 15) is 14.0 Å². The molecule has 21 heavy (non-hydrogen) atoms. The van der Waals surface area contributed by atoms with Gasteiger partial charge in [-0.15, -0.1) is 0 Å². The molecule has 0 spiro atoms. The fourth-order valence-corrected chi connectivity index (χ4v) is 1.78. The molecule has 0 radical (unpaired) electrons. The van der Waals surface area contributed by atoms with Gasteiger partial charge in [0.1, 0.15) is 0 Å². The SMILES string of the molecule is CC(=O)Nc1ccc(C)c(NC(=O)c2ccnc(F)c2)c1. The van der Waals surface area contributed by atoms with Gasteiger partial charge in [-0.05, 0) is 30.7 Å². The maximum Gasteiger partial charge on any atom is 0.255 e. The van der Waals surface area contributed by atoms with Gasteiger partial charge in [0.05, 0.1) is 0 Å². The Labute approximate surface area is 121 Å². The molecule has 0 bridgehead atoms. The van der Waals surface area contributed by atoms with Crippen LogP contribution >= 0.6 is 0 Å². The number of nitrogens with one attached hydrogen (secondary N) is 2. The number of hydrogen-bond donors (Lipinski definition) is 2. The molecule has 2 N–H and O–H groups in total. The number of aryl methyl sites for hydroxylation is 1. The lowest BCUT2D eigenvalue weighted by Crippen LogP contribution is -2.14. The Balaban J connectivity index is 2.22. The predicted octanol–water partition coefficient (Wildman–Crippen LogP) is 2.74. The zero-order valence-electron chi connectivity index (χ0n) is 11.6. The topological polar surface area (TPSA) is 71.1 Å². The molecule has 1 aromatic carbocycles. The molecule has 0 unspecified atom stereocenters. The van der Waals surface area contributed by atoms with E-state index in [1.807, 2.05) is 6.92 Å². The summed E-state index contributed by atoms with van der Waals surface area (Å²) < 4.78 is 13.0. The fraction of sp³-hybridized carbons (Fsp3) is 0.133. The normalized spacial score (nSPS) is 10.0. The average molecular weight is 287 g/mol. The second-order valence-electron chi connectivity index (χ2n) is 4.53. The van der Waals surface area contributed by atoms with Gasteiger partial charge in [0, 0.05) is 36.1 Å². The summed E-state index contributed by atoms with van der Waals surface area (Å²) in [7, 11) is 0. The number of rotatable bonds is 3. The van der Waals surface area contributed by atoms with E-state index in [4.69, 9.17) is 0 Å². The van der Waals surface area contributed by atoms with Gasteiger partial charge in [0.2, 0.25) is 11.9 Å². The Morgan fingerprint density at radius 3 is 2.57 bits per heavy atom. The molecule has 0 aliphatic carbocycles. The smallest absolute Gasteiger partial charge is 0.255 e. The van der Waals surface area contributed by atoms with Crippen LogP contribution < -0.4 is 10.6 Å². The largest absolute Gasteiger partial charge is 0.326 e. The number of halogens is 1. The zero-order valence-corrected chi connectivity index (χ0v) is 11.6. The summed E-state index contributed by atoms with van der Waals surface area (Å²) in [5, 5.41) is 5.32. The Bertz CT molecular complexity index is 701. The van der Waals surface area contributed by atoms with Gasteiger partial charge < -0.3 is 10.6 Å². The van der Waals surface area contributed by atoms with E-state index < -0.39 is 11.9 Å². The molecule has 108 valence electrons. The highest BCUT2D eigenvalue weighted by molar-refractivity contribution is 6.05. The van der Waals surface area contributed by atoms with Crippen LogP contribution in [0.3, 0.4) is 0 Å². The number of benzene rings is 1. The number of aromatic nitrogens is 1. The summed E-state index contributed by atoms with van der Waals surface area (Å²) in [6.07, 6.45) is 1.23. The van der Waals surface area contributed by atoms with Gasteiger partial charge in [-0.1, -0.05) is 6.07 Å². The van der Waals surface area contributed by atoms with Gasteiger partial charge in [0.15, 0.2) is 0 Å². The number of anilines is 2. The van der Waals surface area contributed by atoms with E-state index in [1.165, 1.54) is 19.2 Å². The first-order chi connectivity index (χ1) is 9.95. The highest BCUT2D eigenvalue weighted by Crippen LogP contribution is 2.21. The van der Waals surface area contributed by atoms with Crippen LogP contribution in [0.4, 0.5) is 15.8 Å². The van der Waals surface area contributed by atoms with Crippen LogP contribution in [0.5, 0.6) is 0 Å². The van der Waals surface area contributed by atoms with Crippen LogP contribution in [-0.2, 0) is 4.79 Å². The molecule has 0 saturated carbocycles. The maximum absolute atomic E-state index is 13.0. The lowest BCUT2D eigenvalue weighted by Gasteiger charge is -2.11. The van der Waals surface area contributed by atoms with E-state index in [0.29, 0.717) is 11.4 Å². The van der Waals surface area contributed by atoms with Gasteiger partial charge in [-0.25, -0.2) is 4.98 Å². The summed E-state index contributed by atoms with van der Waals surface area (Å²) in [6, 6.07) is 7.63. The third-order valence-electron chi connectivity index (χ3n) is 2.79. The van der Waals surface area contributed by atoms with Crippen molar-refractivity contribution in [2.24, 2.45) is 0 Å². The molecule has 0 atom stereocenters. The summed E-state index contributed by atoms with van der Waals surface area (Å²) in [5.74, 6) is -1.36. The fourth-order valence-electron chi connectivity index (χ4n) is 1.78. The minimum atomic E-state index is -0.716. The molecule has 0 aliphatic rings. The maximum atomic E-state index is 13.0. The first kappa shape index (κ1) is 14.6. The third kappa shape index (κ3) is 3.85. The number of carbonyl (C=O) groups is 2. The summed E-state index contributed by atoms with van der Waals surface area (Å²) in [6.45, 7) is 3.22. The van der Waals surface area contributed by atoms with Crippen molar-refractivity contribution in [3.05, 3.63) is 53.6 Å². The molecule has 0 aliphatic heterocycles. The highest BCUT2D eigenvalue weighted by Gasteiger charge is 2.10. The van der Waals surface area contributed by atoms with Gasteiger partial charge in [-0.3, -0.25) is 9.59 Å². The Morgan fingerprint density at radius 2 is 1.90 bits per heavy atom. The van der Waals surface area contributed by atoms with Crippen molar-refractivity contribution in [3.8, 4) is 0 Å². The molecule has 0 fully saturated rings. The highest BCUT2D eigenvalue weighted by atomic mass is 19.1. The van der Waals surface area contributed by atoms with Crippen molar-refractivity contribution in [1.82, 2.24) is 4.98 Å². The zero-order chi connectivity index (χ0) is 15.4. The van der Waals surface area contributed by atoms with Crippen molar-refractivity contribution < 1.29 is 14.0 Å². The van der Waals surface area contributed by atoms with Crippen LogP contribution in [0.1, 0.15) is 22.8 Å². The van der Waals surface area contributed by atoms with Crippen LogP contribution in [0, 0.1) is 12.9 Å². The van der Waals surface area contributed by atoms with Gasteiger partial charge in [-0.2, -0.15) is 4.39 Å². The molecule has 5 nitrogen and oxygen atoms in total. The van der Waals surface area contributed by atoms with E-state index >= 15 is 0 Å². The van der Waals surface area contributed by atoms with E-state index in [1.54, 1.807) is 18.2 Å². The van der Waals surface area contributed by atoms with Crippen LogP contribution in [-0.4, -0.2) is 16.8 Å². The number of pyridine rings is 1. The second-order valence-corrected chi connectivity index (χ2v) is 4.53. The van der Waals surface area contributed by atoms with Crippen molar-refractivity contribution in [2.75, 3.05) is 10.6 Å². The molecular weight excluding hydrogens is 273 g/mol. The molecule has 1 heterocycles. The van der Waals surface area contributed by atoms with Gasteiger partial charge in [0.25, 0.3) is 5.91 Å². The standard InChI is InChI=1S/C15H14FN3O2/c1-9-3-4-12(18-10(2)20)8-13(9)19-15(21)11-5-6-17-14(16)7-11/h3-8H,1-2H3,(H,18,20)(H,19,21). The monoisotopic (exact) mass is 287 g/mol. The number of amides is 2. The summed E-state index contributed by atoms with van der Waals surface area (Å²) in [5.41, 5.74) is 2.12. The predicted molar refractivity (Wildman–Crippen MR) is 77.6 cm³/mol. The third-order valence-corrected chi connectivity index (χ3v) is 2.79. The summed E-state index contributed by atoms with van der Waals surface area (Å²) in [4.78, 5) is 26.5. The van der Waals surface area contributed by atoms with Crippen molar-refractivity contribution in [1.29, 1.82) is 0 Å².